The molecule has 0 saturated heterocycles. The van der Waals surface area contributed by atoms with Gasteiger partial charge in [-0.05, 0) is 47.5 Å². The number of hydrogen-bond donors (Lipinski definition) is 4. The molecule has 0 bridgehead atoms. The van der Waals surface area contributed by atoms with Crippen LogP contribution in [0.1, 0.15) is 31.1 Å². The van der Waals surface area contributed by atoms with Crippen molar-refractivity contribution in [1.29, 1.82) is 0 Å². The molecule has 40 heavy (non-hydrogen) atoms. The Hall–Kier alpha value is -5.16. The van der Waals surface area contributed by atoms with Gasteiger partial charge in [0, 0.05) is 12.6 Å². The fourth-order valence-corrected chi connectivity index (χ4v) is 4.02. The van der Waals surface area contributed by atoms with Gasteiger partial charge in [-0.3, -0.25) is 9.59 Å². The number of rotatable bonds is 9. The van der Waals surface area contributed by atoms with Crippen LogP contribution in [0.4, 0.5) is 23.1 Å². The van der Waals surface area contributed by atoms with Gasteiger partial charge in [-0.1, -0.05) is 35.9 Å². The first kappa shape index (κ1) is 27.9. The maximum atomic E-state index is 12.8. The minimum atomic E-state index is -0.616. The molecule has 0 aliphatic carbocycles. The highest BCUT2D eigenvalue weighted by atomic mass is 35.5. The minimum Gasteiger partial charge on any atom is -0.495 e. The van der Waals surface area contributed by atoms with Crippen LogP contribution in [0.5, 0.6) is 5.75 Å². The molecule has 4 rings (SSSR count). The van der Waals surface area contributed by atoms with Gasteiger partial charge in [-0.2, -0.15) is 4.98 Å². The lowest BCUT2D eigenvalue weighted by atomic mass is 9.97. The number of nitrogens with two attached hydrogens (primary N) is 1. The van der Waals surface area contributed by atoms with Gasteiger partial charge in [-0.15, -0.1) is 0 Å². The average molecular weight is 561 g/mol. The second-order valence-corrected chi connectivity index (χ2v) is 8.70. The van der Waals surface area contributed by atoms with Crippen molar-refractivity contribution in [3.05, 3.63) is 88.6 Å². The Morgan fingerprint density at radius 1 is 0.925 bits per heavy atom. The van der Waals surface area contributed by atoms with E-state index in [-0.39, 0.29) is 33.8 Å². The number of hydrogen-bond acceptors (Lipinski definition) is 9. The van der Waals surface area contributed by atoms with Crippen LogP contribution in [0.3, 0.4) is 0 Å². The number of carbonyl (C=O) groups is 3. The maximum Gasteiger partial charge on any atom is 0.338 e. The van der Waals surface area contributed by atoms with Gasteiger partial charge in [0.05, 0.1) is 42.9 Å². The Labute approximate surface area is 234 Å². The summed E-state index contributed by atoms with van der Waals surface area (Å²) in [5.41, 5.74) is 8.43. The number of ether oxygens (including phenoxy) is 2. The molecule has 0 fully saturated rings. The first-order valence-electron chi connectivity index (χ1n) is 11.8. The molecule has 0 saturated carbocycles. The number of benzene rings is 3. The molecular weight excluding hydrogens is 536 g/mol. The van der Waals surface area contributed by atoms with Crippen LogP contribution in [0.25, 0.3) is 11.1 Å². The van der Waals surface area contributed by atoms with Crippen LogP contribution in [0.15, 0.2) is 66.9 Å². The topological polar surface area (TPSA) is 158 Å². The largest absolute Gasteiger partial charge is 0.495 e. The van der Waals surface area contributed by atoms with Crippen molar-refractivity contribution in [3.8, 4) is 16.9 Å². The van der Waals surface area contributed by atoms with Gasteiger partial charge < -0.3 is 31.2 Å². The van der Waals surface area contributed by atoms with E-state index in [1.54, 1.807) is 67.7 Å². The second kappa shape index (κ2) is 12.1. The summed E-state index contributed by atoms with van der Waals surface area (Å²) in [7, 11) is 4.31. The molecule has 0 spiro atoms. The Morgan fingerprint density at radius 2 is 1.65 bits per heavy atom. The maximum absolute atomic E-state index is 12.8. The summed E-state index contributed by atoms with van der Waals surface area (Å²) in [5.74, 6) is -0.710. The average Bonchev–Trinajstić information content (AvgIpc) is 2.98. The van der Waals surface area contributed by atoms with Gasteiger partial charge in [0.15, 0.2) is 5.82 Å². The van der Waals surface area contributed by atoms with Crippen LogP contribution < -0.4 is 26.4 Å². The van der Waals surface area contributed by atoms with Crippen molar-refractivity contribution in [2.45, 2.75) is 0 Å². The van der Waals surface area contributed by atoms with Gasteiger partial charge in [-0.25, -0.2) is 9.78 Å². The third-order valence-electron chi connectivity index (χ3n) is 5.87. The van der Waals surface area contributed by atoms with E-state index < -0.39 is 11.9 Å². The van der Waals surface area contributed by atoms with Crippen LogP contribution in [0.2, 0.25) is 5.02 Å². The number of esters is 1. The summed E-state index contributed by atoms with van der Waals surface area (Å²) in [5, 5.41) is 8.82. The van der Waals surface area contributed by atoms with Crippen molar-refractivity contribution in [1.82, 2.24) is 15.3 Å². The molecular formula is C28H25ClN6O5. The fourth-order valence-electron chi connectivity index (χ4n) is 3.88. The Kier molecular flexibility index (Phi) is 8.45. The van der Waals surface area contributed by atoms with E-state index in [4.69, 9.17) is 26.8 Å². The standard InChI is InChI=1S/C28H25ClN6O5/c1-31-26(37)16-10-8-15(9-11-16)18-13-23(39-2)22(12-19(18)27(38)40-3)34-28-32-14-20(29)25(35-28)33-21-7-5-4-6-17(21)24(30)36/h4-14H,1-3H3,(H2,30,36)(H,31,37)(H2,32,33,34,35). The zero-order valence-electron chi connectivity index (χ0n) is 21.7. The minimum absolute atomic E-state index is 0.125. The molecule has 3 aromatic carbocycles. The molecule has 204 valence electrons. The zero-order valence-corrected chi connectivity index (χ0v) is 22.5. The first-order chi connectivity index (χ1) is 19.2. The smallest absolute Gasteiger partial charge is 0.338 e. The molecule has 0 atom stereocenters. The second-order valence-electron chi connectivity index (χ2n) is 8.30. The van der Waals surface area contributed by atoms with Gasteiger partial charge >= 0.3 is 5.97 Å². The molecule has 0 aliphatic rings. The molecule has 0 unspecified atom stereocenters. The number of primary amides is 1. The predicted molar refractivity (Wildman–Crippen MR) is 152 cm³/mol. The number of methoxy groups -OCH3 is 2. The number of nitrogens with zero attached hydrogens (tertiary/aromatic N) is 2. The third-order valence-corrected chi connectivity index (χ3v) is 6.14. The summed E-state index contributed by atoms with van der Waals surface area (Å²) < 4.78 is 10.6. The first-order valence-corrected chi connectivity index (χ1v) is 12.2. The number of nitrogens with one attached hydrogen (secondary N) is 3. The quantitative estimate of drug-likeness (QED) is 0.216. The van der Waals surface area contributed by atoms with Crippen molar-refractivity contribution < 1.29 is 23.9 Å². The van der Waals surface area contributed by atoms with Crippen LogP contribution >= 0.6 is 11.6 Å². The number of aromatic nitrogens is 2. The predicted octanol–water partition coefficient (Wildman–Crippen LogP) is 4.54. The summed E-state index contributed by atoms with van der Waals surface area (Å²) in [6, 6.07) is 16.6. The van der Waals surface area contributed by atoms with E-state index >= 15 is 0 Å². The summed E-state index contributed by atoms with van der Waals surface area (Å²) in [6.45, 7) is 0. The number of halogens is 1. The molecule has 11 nitrogen and oxygen atoms in total. The van der Waals surface area contributed by atoms with E-state index in [0.717, 1.165) is 0 Å². The zero-order chi connectivity index (χ0) is 28.8. The third kappa shape index (κ3) is 5.94. The van der Waals surface area contributed by atoms with E-state index in [1.165, 1.54) is 20.4 Å². The lowest BCUT2D eigenvalue weighted by molar-refractivity contribution is 0.0601. The fraction of sp³-hybridized carbons (Fsp3) is 0.107. The number of carbonyl (C=O) groups excluding carboxylic acids is 3. The highest BCUT2D eigenvalue weighted by Gasteiger charge is 2.20. The van der Waals surface area contributed by atoms with Crippen LogP contribution in [0, 0.1) is 0 Å². The Morgan fingerprint density at radius 3 is 2.30 bits per heavy atom. The Balaban J connectivity index is 1.72. The summed E-state index contributed by atoms with van der Waals surface area (Å²) in [6.07, 6.45) is 1.38. The van der Waals surface area contributed by atoms with E-state index in [2.05, 4.69) is 25.9 Å². The highest BCUT2D eigenvalue weighted by molar-refractivity contribution is 6.33. The number of amides is 2. The number of para-hydroxylation sites is 1. The van der Waals surface area contributed by atoms with E-state index in [1.807, 2.05) is 0 Å². The molecule has 4 aromatic rings. The molecule has 2 amide bonds. The lowest BCUT2D eigenvalue weighted by Crippen LogP contribution is -2.17. The van der Waals surface area contributed by atoms with Crippen molar-refractivity contribution in [2.24, 2.45) is 5.73 Å². The molecule has 12 heteroatoms. The van der Waals surface area contributed by atoms with Crippen molar-refractivity contribution >= 4 is 52.5 Å². The van der Waals surface area contributed by atoms with Crippen molar-refractivity contribution in [2.75, 3.05) is 31.9 Å². The SMILES string of the molecule is CNC(=O)c1ccc(-c2cc(OC)c(Nc3ncc(Cl)c(Nc4ccccc4C(N)=O)n3)cc2C(=O)OC)cc1. The van der Waals surface area contributed by atoms with Crippen molar-refractivity contribution in [3.63, 3.8) is 0 Å². The summed E-state index contributed by atoms with van der Waals surface area (Å²) >= 11 is 6.31. The van der Waals surface area contributed by atoms with E-state index in [9.17, 15) is 14.4 Å². The molecule has 1 heterocycles. The van der Waals surface area contributed by atoms with Gasteiger partial charge in [0.1, 0.15) is 10.8 Å². The lowest BCUT2D eigenvalue weighted by Gasteiger charge is -2.17. The van der Waals surface area contributed by atoms with Gasteiger partial charge in [0.2, 0.25) is 5.95 Å². The summed E-state index contributed by atoms with van der Waals surface area (Å²) in [4.78, 5) is 45.2. The molecule has 0 radical (unpaired) electrons. The molecule has 5 N–H and O–H groups in total. The number of anilines is 4. The van der Waals surface area contributed by atoms with Crippen LogP contribution in [-0.2, 0) is 4.74 Å². The normalized spacial score (nSPS) is 10.4. The monoisotopic (exact) mass is 560 g/mol. The van der Waals surface area contributed by atoms with Crippen LogP contribution in [-0.4, -0.2) is 49.0 Å². The Bertz CT molecular complexity index is 1590. The highest BCUT2D eigenvalue weighted by Crippen LogP contribution is 2.36. The van der Waals surface area contributed by atoms with E-state index in [0.29, 0.717) is 33.8 Å². The molecule has 1 aromatic heterocycles. The molecule has 0 aliphatic heterocycles. The van der Waals surface area contributed by atoms with Gasteiger partial charge in [0.25, 0.3) is 11.8 Å².